The molecule has 1 heterocycles. The summed E-state index contributed by atoms with van der Waals surface area (Å²) in [5, 5.41) is 8.76. The molecule has 0 aromatic carbocycles. The van der Waals surface area contributed by atoms with E-state index in [0.29, 0.717) is 32.6 Å². The third-order valence-electron chi connectivity index (χ3n) is 2.92. The molecule has 102 valence electrons. The zero-order valence-corrected chi connectivity index (χ0v) is 9.79. The van der Waals surface area contributed by atoms with Crippen LogP contribution in [0.2, 0.25) is 0 Å². The van der Waals surface area contributed by atoms with Crippen molar-refractivity contribution >= 4 is 0 Å². The molecule has 0 aromatic rings. The molecule has 3 N–H and O–H groups in total. The van der Waals surface area contributed by atoms with Crippen LogP contribution in [0.25, 0.3) is 0 Å². The average molecular weight is 255 g/mol. The van der Waals surface area contributed by atoms with E-state index in [-0.39, 0.29) is 12.6 Å². The number of piperazine rings is 1. The first-order valence-electron chi connectivity index (χ1n) is 5.78. The third-order valence-corrected chi connectivity index (χ3v) is 2.92. The minimum absolute atomic E-state index is 0.0476. The lowest BCUT2D eigenvalue weighted by atomic mass is 10.2. The molecule has 7 heteroatoms. The van der Waals surface area contributed by atoms with E-state index in [4.69, 9.17) is 10.8 Å². The van der Waals surface area contributed by atoms with E-state index in [0.717, 1.165) is 6.54 Å². The number of nitrogens with two attached hydrogens (primary N) is 1. The second-order valence-corrected chi connectivity index (χ2v) is 4.46. The zero-order chi connectivity index (χ0) is 12.9. The molecule has 0 aliphatic carbocycles. The predicted octanol–water partition coefficient (Wildman–Crippen LogP) is -0.124. The standard InChI is InChI=1S/C10H20F3N3O/c11-10(12,13)8-16-5-3-15(4-6-16)2-1-9(14)7-17/h9,17H,1-8,14H2. The first kappa shape index (κ1) is 14.7. The fraction of sp³-hybridized carbons (Fsp3) is 1.00. The van der Waals surface area contributed by atoms with Crippen molar-refractivity contribution in [2.45, 2.75) is 18.6 Å². The van der Waals surface area contributed by atoms with Crippen LogP contribution in [0.4, 0.5) is 13.2 Å². The molecule has 0 amide bonds. The highest BCUT2D eigenvalue weighted by molar-refractivity contribution is 4.75. The molecular weight excluding hydrogens is 235 g/mol. The van der Waals surface area contributed by atoms with Gasteiger partial charge in [0.25, 0.3) is 0 Å². The van der Waals surface area contributed by atoms with Crippen LogP contribution in [-0.4, -0.2) is 73.0 Å². The highest BCUT2D eigenvalue weighted by Gasteiger charge is 2.31. The molecule has 4 nitrogen and oxygen atoms in total. The Balaban J connectivity index is 2.17. The molecule has 1 fully saturated rings. The number of halogens is 3. The van der Waals surface area contributed by atoms with Crippen molar-refractivity contribution in [3.63, 3.8) is 0 Å². The lowest BCUT2D eigenvalue weighted by molar-refractivity contribution is -0.149. The first-order valence-corrected chi connectivity index (χ1v) is 5.78. The van der Waals surface area contributed by atoms with E-state index in [1.54, 1.807) is 0 Å². The van der Waals surface area contributed by atoms with E-state index in [2.05, 4.69) is 4.90 Å². The van der Waals surface area contributed by atoms with Gasteiger partial charge in [0.15, 0.2) is 0 Å². The number of aliphatic hydroxyl groups excluding tert-OH is 1. The molecule has 0 saturated carbocycles. The second kappa shape index (κ2) is 6.53. The summed E-state index contributed by atoms with van der Waals surface area (Å²) < 4.78 is 36.4. The summed E-state index contributed by atoms with van der Waals surface area (Å²) in [5.41, 5.74) is 5.56. The van der Waals surface area contributed by atoms with E-state index >= 15 is 0 Å². The van der Waals surface area contributed by atoms with Gasteiger partial charge in [-0.2, -0.15) is 13.2 Å². The number of rotatable bonds is 5. The molecule has 1 saturated heterocycles. The van der Waals surface area contributed by atoms with Crippen molar-refractivity contribution in [1.29, 1.82) is 0 Å². The molecular formula is C10H20F3N3O. The number of hydrogen-bond donors (Lipinski definition) is 2. The number of hydrogen-bond acceptors (Lipinski definition) is 4. The van der Waals surface area contributed by atoms with Crippen LogP contribution in [0.15, 0.2) is 0 Å². The summed E-state index contributed by atoms with van der Waals surface area (Å²) in [4.78, 5) is 3.50. The van der Waals surface area contributed by atoms with Gasteiger partial charge in [-0.05, 0) is 13.0 Å². The third kappa shape index (κ3) is 6.21. The molecule has 0 radical (unpaired) electrons. The summed E-state index contributed by atoms with van der Waals surface area (Å²) in [5.74, 6) is 0. The number of alkyl halides is 3. The average Bonchev–Trinajstić information content (AvgIpc) is 2.25. The quantitative estimate of drug-likeness (QED) is 0.719. The molecule has 1 rings (SSSR count). The SMILES string of the molecule is NC(CO)CCN1CCN(CC(F)(F)F)CC1. The first-order chi connectivity index (χ1) is 7.90. The summed E-state index contributed by atoms with van der Waals surface area (Å²) >= 11 is 0. The highest BCUT2D eigenvalue weighted by atomic mass is 19.4. The monoisotopic (exact) mass is 255 g/mol. The van der Waals surface area contributed by atoms with Gasteiger partial charge in [-0.25, -0.2) is 0 Å². The molecule has 17 heavy (non-hydrogen) atoms. The van der Waals surface area contributed by atoms with Crippen LogP contribution >= 0.6 is 0 Å². The Morgan fingerprint density at radius 3 is 2.12 bits per heavy atom. The lowest BCUT2D eigenvalue weighted by Crippen LogP contribution is -2.49. The Morgan fingerprint density at radius 2 is 1.65 bits per heavy atom. The van der Waals surface area contributed by atoms with E-state index in [9.17, 15) is 13.2 Å². The molecule has 1 atom stereocenters. The van der Waals surface area contributed by atoms with Crippen LogP contribution in [0.1, 0.15) is 6.42 Å². The fourth-order valence-electron chi connectivity index (χ4n) is 1.86. The Hall–Kier alpha value is -0.370. The largest absolute Gasteiger partial charge is 0.401 e. The van der Waals surface area contributed by atoms with Crippen molar-refractivity contribution < 1.29 is 18.3 Å². The topological polar surface area (TPSA) is 52.7 Å². The molecule has 0 spiro atoms. The summed E-state index contributed by atoms with van der Waals surface area (Å²) in [6.07, 6.45) is -3.43. The smallest absolute Gasteiger partial charge is 0.395 e. The minimum Gasteiger partial charge on any atom is -0.395 e. The van der Waals surface area contributed by atoms with Crippen molar-refractivity contribution in [2.75, 3.05) is 45.9 Å². The number of nitrogens with zero attached hydrogens (tertiary/aromatic N) is 2. The van der Waals surface area contributed by atoms with Gasteiger partial charge in [-0.15, -0.1) is 0 Å². The summed E-state index contributed by atoms with van der Waals surface area (Å²) in [6.45, 7) is 2.01. The summed E-state index contributed by atoms with van der Waals surface area (Å²) in [7, 11) is 0. The van der Waals surface area contributed by atoms with Crippen LogP contribution in [0.3, 0.4) is 0 Å². The van der Waals surface area contributed by atoms with Gasteiger partial charge in [-0.1, -0.05) is 0 Å². The van der Waals surface area contributed by atoms with Crippen molar-refractivity contribution in [3.05, 3.63) is 0 Å². The van der Waals surface area contributed by atoms with Gasteiger partial charge in [-0.3, -0.25) is 4.90 Å². The molecule has 0 aromatic heterocycles. The lowest BCUT2D eigenvalue weighted by Gasteiger charge is -2.35. The Bertz CT molecular complexity index is 217. The van der Waals surface area contributed by atoms with Gasteiger partial charge in [0, 0.05) is 32.2 Å². The fourth-order valence-corrected chi connectivity index (χ4v) is 1.86. The maximum Gasteiger partial charge on any atom is 0.401 e. The predicted molar refractivity (Wildman–Crippen MR) is 58.6 cm³/mol. The maximum absolute atomic E-state index is 12.1. The van der Waals surface area contributed by atoms with Crippen LogP contribution in [-0.2, 0) is 0 Å². The van der Waals surface area contributed by atoms with Crippen molar-refractivity contribution in [2.24, 2.45) is 5.73 Å². The Kier molecular flexibility index (Phi) is 5.64. The van der Waals surface area contributed by atoms with Crippen LogP contribution in [0.5, 0.6) is 0 Å². The van der Waals surface area contributed by atoms with Gasteiger partial charge in [0.1, 0.15) is 0 Å². The highest BCUT2D eigenvalue weighted by Crippen LogP contribution is 2.17. The number of aliphatic hydroxyl groups is 1. The van der Waals surface area contributed by atoms with Crippen molar-refractivity contribution in [1.82, 2.24) is 9.80 Å². The second-order valence-electron chi connectivity index (χ2n) is 4.46. The van der Waals surface area contributed by atoms with Crippen molar-refractivity contribution in [3.8, 4) is 0 Å². The van der Waals surface area contributed by atoms with Gasteiger partial charge in [0.05, 0.1) is 13.2 Å². The molecule has 1 aliphatic rings. The van der Waals surface area contributed by atoms with Gasteiger partial charge < -0.3 is 15.7 Å². The molecule has 0 bridgehead atoms. The van der Waals surface area contributed by atoms with E-state index < -0.39 is 12.7 Å². The van der Waals surface area contributed by atoms with Crippen LogP contribution < -0.4 is 5.73 Å². The minimum atomic E-state index is -4.11. The normalized spacial score (nSPS) is 21.7. The van der Waals surface area contributed by atoms with Gasteiger partial charge >= 0.3 is 6.18 Å². The molecule has 1 aliphatic heterocycles. The zero-order valence-electron chi connectivity index (χ0n) is 9.79. The Labute approximate surface area is 99.2 Å². The van der Waals surface area contributed by atoms with E-state index in [1.807, 2.05) is 0 Å². The van der Waals surface area contributed by atoms with Crippen LogP contribution in [0, 0.1) is 0 Å². The molecule has 1 unspecified atom stereocenters. The van der Waals surface area contributed by atoms with Gasteiger partial charge in [0.2, 0.25) is 0 Å². The maximum atomic E-state index is 12.1. The van der Waals surface area contributed by atoms with E-state index in [1.165, 1.54) is 4.90 Å². The Morgan fingerprint density at radius 1 is 1.12 bits per heavy atom. The summed E-state index contributed by atoms with van der Waals surface area (Å²) in [6, 6.07) is -0.233.